The molecule has 0 atom stereocenters. The maximum atomic E-state index is 12.0. The Hall–Kier alpha value is -1.45. The second kappa shape index (κ2) is 8.25. The van der Waals surface area contributed by atoms with Gasteiger partial charge >= 0.3 is 6.18 Å². The molecule has 0 fully saturated rings. The number of aryl methyl sites for hydroxylation is 1. The van der Waals surface area contributed by atoms with Crippen molar-refractivity contribution in [2.24, 2.45) is 0 Å². The molecule has 0 aliphatic carbocycles. The summed E-state index contributed by atoms with van der Waals surface area (Å²) < 4.78 is 35.9. The van der Waals surface area contributed by atoms with E-state index in [1.165, 1.54) is 16.5 Å². The van der Waals surface area contributed by atoms with Gasteiger partial charge in [-0.15, -0.1) is 0 Å². The fraction of sp³-hybridized carbons (Fsp3) is 0.556. The van der Waals surface area contributed by atoms with E-state index in [0.717, 1.165) is 38.5 Å². The topological polar surface area (TPSA) is 15.8 Å². The van der Waals surface area contributed by atoms with E-state index in [4.69, 9.17) is 0 Å². The maximum Gasteiger partial charge on any atom is 0.389 e. The van der Waals surface area contributed by atoms with Gasteiger partial charge in [-0.2, -0.15) is 13.2 Å². The van der Waals surface area contributed by atoms with Gasteiger partial charge in [0.25, 0.3) is 0 Å². The van der Waals surface area contributed by atoms with Gasteiger partial charge in [-0.25, -0.2) is 0 Å². The number of unbranched alkanes of at least 4 members (excludes halogenated alkanes) is 6. The minimum atomic E-state index is -3.99. The zero-order valence-electron chi connectivity index (χ0n) is 12.9. The minimum Gasteiger partial charge on any atom is -0.364 e. The number of alkyl halides is 3. The van der Waals surface area contributed by atoms with Crippen molar-refractivity contribution in [1.29, 1.82) is 0 Å². The molecule has 2 rings (SSSR count). The Bertz CT molecular complexity index is 557. The van der Waals surface area contributed by atoms with Gasteiger partial charge in [0.1, 0.15) is 0 Å². The molecule has 0 saturated heterocycles. The van der Waals surface area contributed by atoms with E-state index < -0.39 is 12.6 Å². The van der Waals surface area contributed by atoms with Crippen molar-refractivity contribution < 1.29 is 13.2 Å². The third-order valence-electron chi connectivity index (χ3n) is 4.07. The molecule has 0 aliphatic heterocycles. The van der Waals surface area contributed by atoms with Crippen LogP contribution in [0.3, 0.4) is 0 Å². The Morgan fingerprint density at radius 1 is 0.818 bits per heavy atom. The van der Waals surface area contributed by atoms with Crippen molar-refractivity contribution in [2.75, 3.05) is 0 Å². The summed E-state index contributed by atoms with van der Waals surface area (Å²) in [6, 6.07) is 8.34. The molecule has 1 aromatic carbocycles. The first-order valence-corrected chi connectivity index (χ1v) is 8.18. The van der Waals surface area contributed by atoms with E-state index in [1.54, 1.807) is 0 Å². The first kappa shape index (κ1) is 16.9. The number of nitrogens with one attached hydrogen (secondary N) is 1. The van der Waals surface area contributed by atoms with Crippen molar-refractivity contribution in [3.63, 3.8) is 0 Å². The summed E-state index contributed by atoms with van der Waals surface area (Å²) in [5.41, 5.74) is 1.29. The quantitative estimate of drug-likeness (QED) is 0.516. The van der Waals surface area contributed by atoms with Crippen molar-refractivity contribution in [1.82, 2.24) is 4.98 Å². The third kappa shape index (κ3) is 5.74. The number of hydrogen-bond acceptors (Lipinski definition) is 0. The van der Waals surface area contributed by atoms with Crippen LogP contribution in [0.4, 0.5) is 13.2 Å². The molecule has 1 N–H and O–H groups in total. The highest BCUT2D eigenvalue weighted by atomic mass is 19.4. The number of aromatic nitrogens is 1. The van der Waals surface area contributed by atoms with Gasteiger partial charge in [-0.3, -0.25) is 0 Å². The summed E-state index contributed by atoms with van der Waals surface area (Å²) in [6.07, 6.45) is 4.80. The van der Waals surface area contributed by atoms with Gasteiger partial charge in [0.05, 0.1) is 0 Å². The first-order valence-electron chi connectivity index (χ1n) is 8.18. The third-order valence-corrected chi connectivity index (χ3v) is 4.07. The highest BCUT2D eigenvalue weighted by Gasteiger charge is 2.25. The highest BCUT2D eigenvalue weighted by Crippen LogP contribution is 2.23. The molecule has 2 aromatic rings. The SMILES string of the molecule is FC(F)(F)CCCCCCCCCc1[nH]cc2ccccc12. The highest BCUT2D eigenvalue weighted by molar-refractivity contribution is 5.85. The molecule has 0 radical (unpaired) electrons. The molecular weight excluding hydrogens is 287 g/mol. The molecule has 0 aliphatic rings. The minimum absolute atomic E-state index is 0.276. The van der Waals surface area contributed by atoms with Gasteiger partial charge in [-0.1, -0.05) is 56.4 Å². The Morgan fingerprint density at radius 3 is 2.18 bits per heavy atom. The van der Waals surface area contributed by atoms with Crippen LogP contribution in [0.25, 0.3) is 10.8 Å². The summed E-state index contributed by atoms with van der Waals surface area (Å²) in [5, 5.41) is 2.55. The molecule has 1 nitrogen and oxygen atoms in total. The molecule has 1 aromatic heterocycles. The van der Waals surface area contributed by atoms with Gasteiger partial charge < -0.3 is 4.98 Å². The van der Waals surface area contributed by atoms with E-state index >= 15 is 0 Å². The fourth-order valence-corrected chi connectivity index (χ4v) is 2.86. The number of rotatable bonds is 9. The lowest BCUT2D eigenvalue weighted by molar-refractivity contribution is -0.135. The van der Waals surface area contributed by atoms with Gasteiger partial charge in [-0.05, 0) is 24.6 Å². The second-order valence-corrected chi connectivity index (χ2v) is 5.94. The summed E-state index contributed by atoms with van der Waals surface area (Å²) in [5.74, 6) is 0. The molecule has 0 amide bonds. The second-order valence-electron chi connectivity index (χ2n) is 5.94. The molecule has 1 heterocycles. The molecule has 122 valence electrons. The molecule has 0 saturated carbocycles. The lowest BCUT2D eigenvalue weighted by atomic mass is 10.0. The van der Waals surface area contributed by atoms with Crippen molar-refractivity contribution in [2.45, 2.75) is 64.0 Å². The number of hydrogen-bond donors (Lipinski definition) is 1. The summed E-state index contributed by atoms with van der Waals surface area (Å²) in [6.45, 7) is 0. The van der Waals surface area contributed by atoms with Crippen LogP contribution in [-0.2, 0) is 6.42 Å². The van der Waals surface area contributed by atoms with Crippen LogP contribution in [0.2, 0.25) is 0 Å². The number of benzene rings is 1. The number of H-pyrrole nitrogens is 1. The van der Waals surface area contributed by atoms with Crippen LogP contribution >= 0.6 is 0 Å². The first-order chi connectivity index (χ1) is 10.6. The van der Waals surface area contributed by atoms with Crippen molar-refractivity contribution in [3.8, 4) is 0 Å². The number of aromatic amines is 1. The molecule has 0 unspecified atom stereocenters. The van der Waals surface area contributed by atoms with Gasteiger partial charge in [0.15, 0.2) is 0 Å². The smallest absolute Gasteiger partial charge is 0.364 e. The number of fused-ring (bicyclic) bond motifs is 1. The summed E-state index contributed by atoms with van der Waals surface area (Å²) in [4.78, 5) is 3.34. The summed E-state index contributed by atoms with van der Waals surface area (Å²) in [7, 11) is 0. The van der Waals surface area contributed by atoms with E-state index in [2.05, 4.69) is 23.2 Å². The molecule has 22 heavy (non-hydrogen) atoms. The van der Waals surface area contributed by atoms with Crippen LogP contribution in [0, 0.1) is 0 Å². The standard InChI is InChI=1S/C18H24F3N/c19-18(20,21)13-9-5-3-1-2-4-6-12-17-16-11-8-7-10-15(16)14-22-17/h7-8,10-11,14,22H,1-6,9,12-13H2. The molecule has 0 spiro atoms. The van der Waals surface area contributed by atoms with Crippen LogP contribution in [0.1, 0.15) is 57.1 Å². The lowest BCUT2D eigenvalue weighted by Crippen LogP contribution is -2.06. The molecule has 0 bridgehead atoms. The average molecular weight is 311 g/mol. The predicted octanol–water partition coefficient (Wildman–Crippen LogP) is 6.39. The Balaban J connectivity index is 1.53. The largest absolute Gasteiger partial charge is 0.389 e. The van der Waals surface area contributed by atoms with Crippen LogP contribution in [0.5, 0.6) is 0 Å². The van der Waals surface area contributed by atoms with Gasteiger partial charge in [0, 0.05) is 23.7 Å². The molecular formula is C18H24F3N. The van der Waals surface area contributed by atoms with E-state index in [1.807, 2.05) is 12.3 Å². The van der Waals surface area contributed by atoms with E-state index in [0.29, 0.717) is 6.42 Å². The maximum absolute atomic E-state index is 12.0. The van der Waals surface area contributed by atoms with Crippen LogP contribution < -0.4 is 0 Å². The molecule has 4 heteroatoms. The van der Waals surface area contributed by atoms with Crippen molar-refractivity contribution >= 4 is 10.8 Å². The lowest BCUT2D eigenvalue weighted by Gasteiger charge is -2.05. The van der Waals surface area contributed by atoms with E-state index in [-0.39, 0.29) is 6.42 Å². The predicted molar refractivity (Wildman–Crippen MR) is 85.0 cm³/mol. The van der Waals surface area contributed by atoms with Crippen molar-refractivity contribution in [3.05, 3.63) is 36.2 Å². The average Bonchev–Trinajstić information content (AvgIpc) is 2.88. The fourth-order valence-electron chi connectivity index (χ4n) is 2.86. The number of halogens is 3. The Labute approximate surface area is 129 Å². The zero-order chi connectivity index (χ0) is 15.8. The normalized spacial score (nSPS) is 12.1. The zero-order valence-corrected chi connectivity index (χ0v) is 12.9. The summed E-state index contributed by atoms with van der Waals surface area (Å²) >= 11 is 0. The van der Waals surface area contributed by atoms with E-state index in [9.17, 15) is 13.2 Å². The Kier molecular flexibility index (Phi) is 6.34. The van der Waals surface area contributed by atoms with Crippen LogP contribution in [0.15, 0.2) is 30.5 Å². The Morgan fingerprint density at radius 2 is 1.45 bits per heavy atom. The monoisotopic (exact) mass is 311 g/mol. The van der Waals surface area contributed by atoms with Gasteiger partial charge in [0.2, 0.25) is 0 Å². The van der Waals surface area contributed by atoms with Crippen LogP contribution in [-0.4, -0.2) is 11.2 Å².